The zero-order valence-electron chi connectivity index (χ0n) is 8.14. The van der Waals surface area contributed by atoms with E-state index in [4.69, 9.17) is 5.73 Å². The van der Waals surface area contributed by atoms with Gasteiger partial charge in [-0.3, -0.25) is 4.98 Å². The number of hydrogen-bond donors (Lipinski definition) is 1. The highest BCUT2D eigenvalue weighted by Gasteiger charge is 2.13. The van der Waals surface area contributed by atoms with Crippen molar-refractivity contribution in [2.45, 2.75) is 39.2 Å². The summed E-state index contributed by atoms with van der Waals surface area (Å²) in [6.45, 7) is 2.71. The fourth-order valence-electron chi connectivity index (χ4n) is 2.13. The van der Waals surface area contributed by atoms with Crippen molar-refractivity contribution in [3.8, 4) is 0 Å². The number of aromatic nitrogens is 1. The summed E-state index contributed by atoms with van der Waals surface area (Å²) >= 11 is 0. The van der Waals surface area contributed by atoms with E-state index in [0.717, 1.165) is 12.1 Å². The van der Waals surface area contributed by atoms with Crippen molar-refractivity contribution in [3.63, 3.8) is 0 Å². The third-order valence-corrected chi connectivity index (χ3v) is 2.74. The molecule has 0 fully saturated rings. The van der Waals surface area contributed by atoms with E-state index in [0.29, 0.717) is 6.54 Å². The van der Waals surface area contributed by atoms with E-state index in [1.165, 1.54) is 36.1 Å². The molecule has 1 aliphatic rings. The maximum absolute atomic E-state index is 5.72. The van der Waals surface area contributed by atoms with Gasteiger partial charge in [-0.1, -0.05) is 0 Å². The number of rotatable bonds is 1. The third kappa shape index (κ3) is 1.59. The van der Waals surface area contributed by atoms with E-state index < -0.39 is 0 Å². The Labute approximate surface area is 79.2 Å². The van der Waals surface area contributed by atoms with Crippen LogP contribution in [0.1, 0.15) is 35.4 Å². The molecule has 1 aromatic heterocycles. The van der Waals surface area contributed by atoms with Crippen LogP contribution in [0.25, 0.3) is 0 Å². The molecule has 2 nitrogen and oxygen atoms in total. The molecule has 0 unspecified atom stereocenters. The van der Waals surface area contributed by atoms with Gasteiger partial charge in [0.05, 0.1) is 0 Å². The molecule has 2 rings (SSSR count). The van der Waals surface area contributed by atoms with Crippen LogP contribution in [0, 0.1) is 6.92 Å². The molecule has 2 heteroatoms. The van der Waals surface area contributed by atoms with Crippen molar-refractivity contribution < 1.29 is 0 Å². The first-order valence-corrected chi connectivity index (χ1v) is 4.99. The van der Waals surface area contributed by atoms with Crippen LogP contribution in [-0.2, 0) is 19.4 Å². The Morgan fingerprint density at radius 2 is 2.15 bits per heavy atom. The molecular weight excluding hydrogens is 160 g/mol. The number of hydrogen-bond acceptors (Lipinski definition) is 2. The van der Waals surface area contributed by atoms with Gasteiger partial charge in [-0.25, -0.2) is 0 Å². The summed E-state index contributed by atoms with van der Waals surface area (Å²) in [6.07, 6.45) is 4.90. The summed E-state index contributed by atoms with van der Waals surface area (Å²) in [5, 5.41) is 0. The standard InChI is InChI=1S/C11H16N2/c1-8-6-9(7-12)10-4-2-3-5-11(10)13-8/h6H,2-5,7,12H2,1H3. The second kappa shape index (κ2) is 3.46. The Morgan fingerprint density at radius 3 is 2.92 bits per heavy atom. The third-order valence-electron chi connectivity index (χ3n) is 2.74. The van der Waals surface area contributed by atoms with E-state index in [9.17, 15) is 0 Å². The lowest BCUT2D eigenvalue weighted by Crippen LogP contribution is -2.12. The van der Waals surface area contributed by atoms with E-state index in [-0.39, 0.29) is 0 Å². The zero-order valence-corrected chi connectivity index (χ0v) is 8.14. The minimum Gasteiger partial charge on any atom is -0.326 e. The van der Waals surface area contributed by atoms with E-state index in [1.54, 1.807) is 0 Å². The Balaban J connectivity index is 2.50. The van der Waals surface area contributed by atoms with Crippen molar-refractivity contribution in [2.24, 2.45) is 5.73 Å². The van der Waals surface area contributed by atoms with E-state index in [1.807, 2.05) is 6.92 Å². The molecule has 0 aromatic carbocycles. The van der Waals surface area contributed by atoms with Crippen molar-refractivity contribution in [1.29, 1.82) is 0 Å². The molecule has 13 heavy (non-hydrogen) atoms. The number of pyridine rings is 1. The minimum atomic E-state index is 0.658. The minimum absolute atomic E-state index is 0.658. The molecule has 0 aliphatic heterocycles. The van der Waals surface area contributed by atoms with Crippen LogP contribution < -0.4 is 5.73 Å². The number of nitrogens with two attached hydrogens (primary N) is 1. The molecule has 0 bridgehead atoms. The summed E-state index contributed by atoms with van der Waals surface area (Å²) in [6, 6.07) is 2.13. The highest BCUT2D eigenvalue weighted by atomic mass is 14.7. The fourth-order valence-corrected chi connectivity index (χ4v) is 2.13. The lowest BCUT2D eigenvalue weighted by atomic mass is 9.92. The largest absolute Gasteiger partial charge is 0.326 e. The SMILES string of the molecule is Cc1cc(CN)c2c(n1)CCCC2. The average molecular weight is 176 g/mol. The average Bonchev–Trinajstić information content (AvgIpc) is 2.16. The molecule has 1 aromatic rings. The van der Waals surface area contributed by atoms with Gasteiger partial charge in [-0.15, -0.1) is 0 Å². The fraction of sp³-hybridized carbons (Fsp3) is 0.545. The highest BCUT2D eigenvalue weighted by molar-refractivity contribution is 5.34. The van der Waals surface area contributed by atoms with Crippen molar-refractivity contribution in [2.75, 3.05) is 0 Å². The molecule has 0 amide bonds. The first-order chi connectivity index (χ1) is 6.31. The lowest BCUT2D eigenvalue weighted by Gasteiger charge is -2.18. The van der Waals surface area contributed by atoms with Gasteiger partial charge in [-0.2, -0.15) is 0 Å². The number of aryl methyl sites for hydroxylation is 2. The smallest absolute Gasteiger partial charge is 0.0441 e. The molecule has 2 N–H and O–H groups in total. The number of nitrogens with zero attached hydrogens (tertiary/aromatic N) is 1. The van der Waals surface area contributed by atoms with Crippen molar-refractivity contribution in [3.05, 3.63) is 28.6 Å². The Bertz CT molecular complexity index is 301. The van der Waals surface area contributed by atoms with Crippen LogP contribution in [0.5, 0.6) is 0 Å². The van der Waals surface area contributed by atoms with E-state index >= 15 is 0 Å². The monoisotopic (exact) mass is 176 g/mol. The maximum Gasteiger partial charge on any atom is 0.0441 e. The highest BCUT2D eigenvalue weighted by Crippen LogP contribution is 2.23. The molecule has 1 heterocycles. The first kappa shape index (κ1) is 8.70. The quantitative estimate of drug-likeness (QED) is 0.707. The summed E-state index contributed by atoms with van der Waals surface area (Å²) in [7, 11) is 0. The molecule has 70 valence electrons. The molecule has 0 spiro atoms. The summed E-state index contributed by atoms with van der Waals surface area (Å²) in [5.74, 6) is 0. The number of fused-ring (bicyclic) bond motifs is 1. The first-order valence-electron chi connectivity index (χ1n) is 4.99. The van der Waals surface area contributed by atoms with Crippen molar-refractivity contribution in [1.82, 2.24) is 4.98 Å². The predicted octanol–water partition coefficient (Wildman–Crippen LogP) is 1.73. The van der Waals surface area contributed by atoms with Gasteiger partial charge in [0.2, 0.25) is 0 Å². The van der Waals surface area contributed by atoms with Gasteiger partial charge in [0.1, 0.15) is 0 Å². The van der Waals surface area contributed by atoms with Crippen LogP contribution in [0.3, 0.4) is 0 Å². The van der Waals surface area contributed by atoms with Gasteiger partial charge < -0.3 is 5.73 Å². The zero-order chi connectivity index (χ0) is 9.26. The molecule has 0 atom stereocenters. The predicted molar refractivity (Wildman–Crippen MR) is 53.5 cm³/mol. The van der Waals surface area contributed by atoms with Gasteiger partial charge in [0, 0.05) is 17.9 Å². The molecular formula is C11H16N2. The van der Waals surface area contributed by atoms with Crippen LogP contribution in [0.2, 0.25) is 0 Å². The lowest BCUT2D eigenvalue weighted by molar-refractivity contribution is 0.657. The van der Waals surface area contributed by atoms with Crippen LogP contribution in [0.4, 0.5) is 0 Å². The van der Waals surface area contributed by atoms with Gasteiger partial charge in [0.25, 0.3) is 0 Å². The topological polar surface area (TPSA) is 38.9 Å². The molecule has 1 aliphatic carbocycles. The second-order valence-corrected chi connectivity index (χ2v) is 3.76. The normalized spacial score (nSPS) is 15.5. The van der Waals surface area contributed by atoms with Gasteiger partial charge in [-0.05, 0) is 49.8 Å². The van der Waals surface area contributed by atoms with Crippen LogP contribution >= 0.6 is 0 Å². The summed E-state index contributed by atoms with van der Waals surface area (Å²) in [4.78, 5) is 4.57. The Kier molecular flexibility index (Phi) is 2.32. The van der Waals surface area contributed by atoms with Gasteiger partial charge >= 0.3 is 0 Å². The van der Waals surface area contributed by atoms with Gasteiger partial charge in [0.15, 0.2) is 0 Å². The second-order valence-electron chi connectivity index (χ2n) is 3.76. The van der Waals surface area contributed by atoms with Crippen LogP contribution in [0.15, 0.2) is 6.07 Å². The van der Waals surface area contributed by atoms with Crippen LogP contribution in [-0.4, -0.2) is 4.98 Å². The molecule has 0 radical (unpaired) electrons. The molecule has 0 saturated heterocycles. The maximum atomic E-state index is 5.72. The van der Waals surface area contributed by atoms with Crippen molar-refractivity contribution >= 4 is 0 Å². The Morgan fingerprint density at radius 1 is 1.38 bits per heavy atom. The van der Waals surface area contributed by atoms with E-state index in [2.05, 4.69) is 11.1 Å². The Hall–Kier alpha value is -0.890. The summed E-state index contributed by atoms with van der Waals surface area (Å²) < 4.78 is 0. The summed E-state index contributed by atoms with van der Waals surface area (Å²) in [5.41, 5.74) is 10.9. The molecule has 0 saturated carbocycles.